The van der Waals surface area contributed by atoms with Gasteiger partial charge in [0.2, 0.25) is 5.91 Å². The molecule has 1 aromatic heterocycles. The molecule has 3 nitrogen and oxygen atoms in total. The van der Waals surface area contributed by atoms with Gasteiger partial charge >= 0.3 is 0 Å². The molecule has 0 spiro atoms. The number of carbonyl (C=O) groups excluding carboxylic acids is 1. The molecule has 0 unspecified atom stereocenters. The van der Waals surface area contributed by atoms with E-state index in [9.17, 15) is 9.18 Å². The Labute approximate surface area is 99.2 Å². The van der Waals surface area contributed by atoms with E-state index in [1.54, 1.807) is 16.8 Å². The molecule has 0 radical (unpaired) electrons. The van der Waals surface area contributed by atoms with Crippen molar-refractivity contribution in [3.05, 3.63) is 36.3 Å². The van der Waals surface area contributed by atoms with E-state index in [1.165, 1.54) is 12.1 Å². The molecular formula is C13H15FN2O. The first kappa shape index (κ1) is 11.6. The summed E-state index contributed by atoms with van der Waals surface area (Å²) in [6, 6.07) is 6.55. The van der Waals surface area contributed by atoms with Crippen molar-refractivity contribution in [1.82, 2.24) is 9.88 Å². The number of hydrogen-bond acceptors (Lipinski definition) is 1. The molecule has 0 aliphatic carbocycles. The van der Waals surface area contributed by atoms with Crippen molar-refractivity contribution < 1.29 is 9.18 Å². The molecule has 1 N–H and O–H groups in total. The van der Waals surface area contributed by atoms with Gasteiger partial charge in [-0.05, 0) is 43.5 Å². The summed E-state index contributed by atoms with van der Waals surface area (Å²) in [5, 5.41) is 3.74. The SMILES string of the molecule is CC(C)NC(=O)Cn1ccc2ccc(F)cc21. The highest BCUT2D eigenvalue weighted by Gasteiger charge is 2.07. The summed E-state index contributed by atoms with van der Waals surface area (Å²) in [7, 11) is 0. The molecule has 4 heteroatoms. The van der Waals surface area contributed by atoms with Gasteiger partial charge in [-0.3, -0.25) is 4.79 Å². The molecule has 0 aliphatic rings. The quantitative estimate of drug-likeness (QED) is 0.868. The van der Waals surface area contributed by atoms with E-state index < -0.39 is 0 Å². The fourth-order valence-corrected chi connectivity index (χ4v) is 1.82. The fourth-order valence-electron chi connectivity index (χ4n) is 1.82. The topological polar surface area (TPSA) is 34.0 Å². The van der Waals surface area contributed by atoms with Gasteiger partial charge in [-0.15, -0.1) is 0 Å². The zero-order valence-corrected chi connectivity index (χ0v) is 9.90. The number of carbonyl (C=O) groups is 1. The summed E-state index contributed by atoms with van der Waals surface area (Å²) in [5.41, 5.74) is 0.740. The van der Waals surface area contributed by atoms with E-state index in [1.807, 2.05) is 19.9 Å². The average Bonchev–Trinajstić information content (AvgIpc) is 2.60. The second-order valence-electron chi connectivity index (χ2n) is 4.37. The molecular weight excluding hydrogens is 219 g/mol. The number of hydrogen-bond donors (Lipinski definition) is 1. The zero-order chi connectivity index (χ0) is 12.4. The minimum absolute atomic E-state index is 0.0678. The van der Waals surface area contributed by atoms with Gasteiger partial charge in [-0.1, -0.05) is 0 Å². The van der Waals surface area contributed by atoms with Crippen molar-refractivity contribution in [1.29, 1.82) is 0 Å². The first-order valence-corrected chi connectivity index (χ1v) is 5.60. The van der Waals surface area contributed by atoms with E-state index in [-0.39, 0.29) is 24.3 Å². The van der Waals surface area contributed by atoms with Crippen molar-refractivity contribution in [3.63, 3.8) is 0 Å². The summed E-state index contributed by atoms with van der Waals surface area (Å²) in [6.45, 7) is 4.03. The van der Waals surface area contributed by atoms with Crippen LogP contribution in [0.3, 0.4) is 0 Å². The third-order valence-electron chi connectivity index (χ3n) is 2.50. The first-order valence-electron chi connectivity index (χ1n) is 5.60. The third-order valence-corrected chi connectivity index (χ3v) is 2.50. The minimum Gasteiger partial charge on any atom is -0.352 e. The van der Waals surface area contributed by atoms with Crippen LogP contribution in [0, 0.1) is 5.82 Å². The van der Waals surface area contributed by atoms with E-state index in [0.717, 1.165) is 10.9 Å². The minimum atomic E-state index is -0.290. The largest absolute Gasteiger partial charge is 0.352 e. The molecule has 1 heterocycles. The Morgan fingerprint density at radius 1 is 1.41 bits per heavy atom. The molecule has 0 atom stereocenters. The normalized spacial score (nSPS) is 11.1. The maximum Gasteiger partial charge on any atom is 0.240 e. The Bertz CT molecular complexity index is 545. The van der Waals surface area contributed by atoms with Gasteiger partial charge in [0.1, 0.15) is 12.4 Å². The number of halogens is 1. The molecule has 1 aromatic carbocycles. The molecule has 0 saturated heterocycles. The lowest BCUT2D eigenvalue weighted by atomic mass is 10.2. The van der Waals surface area contributed by atoms with Gasteiger partial charge in [-0.25, -0.2) is 4.39 Å². The Morgan fingerprint density at radius 3 is 2.88 bits per heavy atom. The molecule has 90 valence electrons. The van der Waals surface area contributed by atoms with Gasteiger partial charge in [0, 0.05) is 12.2 Å². The van der Waals surface area contributed by atoms with Gasteiger partial charge < -0.3 is 9.88 Å². The van der Waals surface area contributed by atoms with E-state index in [4.69, 9.17) is 0 Å². The van der Waals surface area contributed by atoms with Gasteiger partial charge in [-0.2, -0.15) is 0 Å². The molecule has 17 heavy (non-hydrogen) atoms. The van der Waals surface area contributed by atoms with E-state index in [2.05, 4.69) is 5.32 Å². The Hall–Kier alpha value is -1.84. The van der Waals surface area contributed by atoms with Crippen LogP contribution in [-0.4, -0.2) is 16.5 Å². The van der Waals surface area contributed by atoms with Crippen molar-refractivity contribution in [2.24, 2.45) is 0 Å². The average molecular weight is 234 g/mol. The first-order chi connectivity index (χ1) is 8.06. The van der Waals surface area contributed by atoms with Crippen molar-refractivity contribution >= 4 is 16.8 Å². The summed E-state index contributed by atoms with van der Waals surface area (Å²) >= 11 is 0. The van der Waals surface area contributed by atoms with E-state index in [0.29, 0.717) is 0 Å². The number of amides is 1. The van der Waals surface area contributed by atoms with Crippen LogP contribution in [0.15, 0.2) is 30.5 Å². The number of rotatable bonds is 3. The summed E-state index contributed by atoms with van der Waals surface area (Å²) < 4.78 is 14.9. The number of fused-ring (bicyclic) bond motifs is 1. The highest BCUT2D eigenvalue weighted by atomic mass is 19.1. The van der Waals surface area contributed by atoms with Crippen molar-refractivity contribution in [2.75, 3.05) is 0 Å². The fraction of sp³-hybridized carbons (Fsp3) is 0.308. The molecule has 1 amide bonds. The highest BCUT2D eigenvalue weighted by Crippen LogP contribution is 2.16. The molecule has 2 rings (SSSR count). The maximum absolute atomic E-state index is 13.1. The predicted octanol–water partition coefficient (Wildman–Crippen LogP) is 2.30. The van der Waals surface area contributed by atoms with Crippen LogP contribution in [0.2, 0.25) is 0 Å². The Kier molecular flexibility index (Phi) is 3.13. The Morgan fingerprint density at radius 2 is 2.18 bits per heavy atom. The van der Waals surface area contributed by atoms with Gasteiger partial charge in [0.15, 0.2) is 0 Å². The van der Waals surface area contributed by atoms with Crippen LogP contribution in [0.25, 0.3) is 10.9 Å². The van der Waals surface area contributed by atoms with Crippen LogP contribution in [-0.2, 0) is 11.3 Å². The van der Waals surface area contributed by atoms with Gasteiger partial charge in [0.25, 0.3) is 0 Å². The summed E-state index contributed by atoms with van der Waals surface area (Å²) in [6.07, 6.45) is 1.80. The second kappa shape index (κ2) is 4.57. The lowest BCUT2D eigenvalue weighted by Crippen LogP contribution is -2.32. The third kappa shape index (κ3) is 2.64. The number of nitrogens with zero attached hydrogens (tertiary/aromatic N) is 1. The number of nitrogens with one attached hydrogen (secondary N) is 1. The van der Waals surface area contributed by atoms with Crippen LogP contribution < -0.4 is 5.32 Å². The molecule has 0 saturated carbocycles. The molecule has 0 aliphatic heterocycles. The van der Waals surface area contributed by atoms with Crippen LogP contribution in [0.4, 0.5) is 4.39 Å². The van der Waals surface area contributed by atoms with Crippen LogP contribution in [0.1, 0.15) is 13.8 Å². The number of benzene rings is 1. The standard InChI is InChI=1S/C13H15FN2O/c1-9(2)15-13(17)8-16-6-5-10-3-4-11(14)7-12(10)16/h3-7,9H,8H2,1-2H3,(H,15,17). The zero-order valence-electron chi connectivity index (χ0n) is 9.90. The maximum atomic E-state index is 13.1. The van der Waals surface area contributed by atoms with Crippen LogP contribution in [0.5, 0.6) is 0 Å². The van der Waals surface area contributed by atoms with Crippen molar-refractivity contribution in [3.8, 4) is 0 Å². The van der Waals surface area contributed by atoms with Crippen molar-refractivity contribution in [2.45, 2.75) is 26.4 Å². The highest BCUT2D eigenvalue weighted by molar-refractivity contribution is 5.83. The number of aromatic nitrogens is 1. The lowest BCUT2D eigenvalue weighted by molar-refractivity contribution is -0.122. The lowest BCUT2D eigenvalue weighted by Gasteiger charge is -2.09. The molecule has 2 aromatic rings. The summed E-state index contributed by atoms with van der Waals surface area (Å²) in [5.74, 6) is -0.358. The summed E-state index contributed by atoms with van der Waals surface area (Å²) in [4.78, 5) is 11.6. The monoisotopic (exact) mass is 234 g/mol. The second-order valence-corrected chi connectivity index (χ2v) is 4.37. The smallest absolute Gasteiger partial charge is 0.240 e. The molecule has 0 bridgehead atoms. The van der Waals surface area contributed by atoms with E-state index >= 15 is 0 Å². The van der Waals surface area contributed by atoms with Crippen LogP contribution >= 0.6 is 0 Å². The predicted molar refractivity (Wildman–Crippen MR) is 65.2 cm³/mol. The van der Waals surface area contributed by atoms with Gasteiger partial charge in [0.05, 0.1) is 5.52 Å². The Balaban J connectivity index is 2.24. The molecule has 0 fully saturated rings.